The van der Waals surface area contributed by atoms with E-state index in [2.05, 4.69) is 15.3 Å². The topological polar surface area (TPSA) is 87.0 Å². The van der Waals surface area contributed by atoms with Crippen molar-refractivity contribution >= 4 is 12.2 Å². The molecular weight excluding hydrogens is 366 g/mol. The first kappa shape index (κ1) is 21.9. The molecule has 0 aliphatic carbocycles. The van der Waals surface area contributed by atoms with E-state index in [1.165, 1.54) is 0 Å². The van der Waals surface area contributed by atoms with Gasteiger partial charge in [0.25, 0.3) is 11.1 Å². The van der Waals surface area contributed by atoms with Crippen molar-refractivity contribution in [1.82, 2.24) is 15.3 Å². The Bertz CT molecular complexity index is 1120. The highest BCUT2D eigenvalue weighted by atomic mass is 16.5. The van der Waals surface area contributed by atoms with Gasteiger partial charge < -0.3 is 20.0 Å². The van der Waals surface area contributed by atoms with E-state index in [1.807, 2.05) is 75.6 Å². The van der Waals surface area contributed by atoms with E-state index in [-0.39, 0.29) is 21.8 Å². The molecule has 0 atom stereocenters. The first-order valence-corrected chi connectivity index (χ1v) is 9.49. The monoisotopic (exact) mass is 393 g/mol. The third-order valence-electron chi connectivity index (χ3n) is 3.76. The van der Waals surface area contributed by atoms with Crippen LogP contribution in [0.1, 0.15) is 24.5 Å². The van der Waals surface area contributed by atoms with Crippen LogP contribution in [0.4, 0.5) is 0 Å². The highest BCUT2D eigenvalue weighted by Crippen LogP contribution is 2.12. The van der Waals surface area contributed by atoms with Crippen LogP contribution in [0.25, 0.3) is 12.2 Å². The third-order valence-corrected chi connectivity index (χ3v) is 3.76. The first-order chi connectivity index (χ1) is 14.1. The first-order valence-electron chi connectivity index (χ1n) is 9.49. The van der Waals surface area contributed by atoms with Crippen LogP contribution >= 0.6 is 0 Å². The maximum absolute atomic E-state index is 12.3. The lowest BCUT2D eigenvalue weighted by Gasteiger charge is -2.03. The van der Waals surface area contributed by atoms with Gasteiger partial charge in [-0.15, -0.1) is 0 Å². The summed E-state index contributed by atoms with van der Waals surface area (Å²) in [5.41, 5.74) is 0.948. The highest BCUT2D eigenvalue weighted by Gasteiger charge is 1.98. The number of H-pyrrole nitrogens is 2. The van der Waals surface area contributed by atoms with Gasteiger partial charge >= 0.3 is 0 Å². The summed E-state index contributed by atoms with van der Waals surface area (Å²) < 4.78 is 5.53. The predicted octanol–water partition coefficient (Wildman–Crippen LogP) is 1.35. The van der Waals surface area contributed by atoms with Gasteiger partial charge in [0.15, 0.2) is 0 Å². The Hall–Kier alpha value is -3.38. The van der Waals surface area contributed by atoms with Crippen molar-refractivity contribution < 1.29 is 4.74 Å². The Morgan fingerprint density at radius 2 is 1.31 bits per heavy atom. The molecule has 1 aromatic heterocycles. The summed E-state index contributed by atoms with van der Waals surface area (Å²) in [5.74, 6) is 0.777. The van der Waals surface area contributed by atoms with Crippen molar-refractivity contribution in [2.75, 3.05) is 20.7 Å². The van der Waals surface area contributed by atoms with Gasteiger partial charge in [-0.1, -0.05) is 49.4 Å². The molecule has 0 amide bonds. The number of nitrogens with one attached hydrogen (secondary N) is 3. The van der Waals surface area contributed by atoms with Crippen LogP contribution in [-0.4, -0.2) is 30.7 Å². The maximum atomic E-state index is 12.3. The Morgan fingerprint density at radius 3 is 1.79 bits per heavy atom. The number of benzene rings is 2. The average Bonchev–Trinajstić information content (AvgIpc) is 2.72. The van der Waals surface area contributed by atoms with Crippen molar-refractivity contribution in [3.05, 3.63) is 97.1 Å². The van der Waals surface area contributed by atoms with Crippen LogP contribution in [0.5, 0.6) is 5.75 Å². The van der Waals surface area contributed by atoms with Crippen molar-refractivity contribution in [3.63, 3.8) is 0 Å². The quantitative estimate of drug-likeness (QED) is 0.611. The van der Waals surface area contributed by atoms with Gasteiger partial charge in [0.1, 0.15) is 16.4 Å². The predicted molar refractivity (Wildman–Crippen MR) is 118 cm³/mol. The molecular formula is C23H27N3O3. The second-order valence-electron chi connectivity index (χ2n) is 6.35. The summed E-state index contributed by atoms with van der Waals surface area (Å²) in [6, 6.07) is 16.7. The fourth-order valence-corrected chi connectivity index (χ4v) is 2.46. The molecule has 0 aliphatic rings. The van der Waals surface area contributed by atoms with Gasteiger partial charge in [0.2, 0.25) is 0 Å². The molecule has 29 heavy (non-hydrogen) atoms. The van der Waals surface area contributed by atoms with Gasteiger partial charge in [0, 0.05) is 0 Å². The lowest BCUT2D eigenvalue weighted by molar-refractivity contribution is 0.317. The van der Waals surface area contributed by atoms with E-state index in [4.69, 9.17) is 4.74 Å². The minimum atomic E-state index is -0.349. The lowest BCUT2D eigenvalue weighted by atomic mass is 10.2. The second kappa shape index (κ2) is 11.5. The Morgan fingerprint density at radius 1 is 0.828 bits per heavy atom. The number of aromatic amines is 2. The van der Waals surface area contributed by atoms with E-state index in [9.17, 15) is 9.59 Å². The SMILES string of the molecule is CCCOc1ccc(C=c2[nH]c(=O)c(=Cc3ccccc3)[nH]c2=O)cc1.CNC. The minimum absolute atomic E-state index is 0.211. The molecule has 1 heterocycles. The van der Waals surface area contributed by atoms with E-state index in [0.717, 1.165) is 23.3 Å². The lowest BCUT2D eigenvalue weighted by Crippen LogP contribution is -2.46. The fourth-order valence-electron chi connectivity index (χ4n) is 2.46. The van der Waals surface area contributed by atoms with Crippen LogP contribution in [-0.2, 0) is 0 Å². The van der Waals surface area contributed by atoms with Crippen LogP contribution in [0.15, 0.2) is 64.2 Å². The summed E-state index contributed by atoms with van der Waals surface area (Å²) in [6.07, 6.45) is 4.22. The Labute approximate surface area is 169 Å². The zero-order valence-corrected chi connectivity index (χ0v) is 17.0. The molecule has 2 aromatic carbocycles. The molecule has 0 fully saturated rings. The molecule has 0 aliphatic heterocycles. The van der Waals surface area contributed by atoms with Gasteiger partial charge in [-0.3, -0.25) is 9.59 Å². The van der Waals surface area contributed by atoms with Crippen LogP contribution in [0.3, 0.4) is 0 Å². The van der Waals surface area contributed by atoms with Gasteiger partial charge in [-0.05, 0) is 55.9 Å². The van der Waals surface area contributed by atoms with Crippen LogP contribution < -0.4 is 31.9 Å². The number of hydrogen-bond acceptors (Lipinski definition) is 4. The van der Waals surface area contributed by atoms with Crippen molar-refractivity contribution in [2.24, 2.45) is 0 Å². The maximum Gasteiger partial charge on any atom is 0.272 e. The van der Waals surface area contributed by atoms with E-state index >= 15 is 0 Å². The zero-order chi connectivity index (χ0) is 21.1. The van der Waals surface area contributed by atoms with Crippen molar-refractivity contribution in [3.8, 4) is 5.75 Å². The van der Waals surface area contributed by atoms with Gasteiger partial charge in [-0.2, -0.15) is 0 Å². The van der Waals surface area contributed by atoms with E-state index in [0.29, 0.717) is 6.61 Å². The van der Waals surface area contributed by atoms with E-state index < -0.39 is 0 Å². The second-order valence-corrected chi connectivity index (χ2v) is 6.35. The largest absolute Gasteiger partial charge is 0.494 e. The van der Waals surface area contributed by atoms with Crippen molar-refractivity contribution in [2.45, 2.75) is 13.3 Å². The van der Waals surface area contributed by atoms with E-state index in [1.54, 1.807) is 12.2 Å². The number of ether oxygens (including phenoxy) is 1. The average molecular weight is 393 g/mol. The Balaban J connectivity index is 0.000000941. The molecule has 0 spiro atoms. The molecule has 152 valence electrons. The summed E-state index contributed by atoms with van der Waals surface area (Å²) >= 11 is 0. The molecule has 3 N–H and O–H groups in total. The molecule has 3 aromatic rings. The number of hydrogen-bond donors (Lipinski definition) is 3. The molecule has 0 saturated heterocycles. The van der Waals surface area contributed by atoms with Gasteiger partial charge in [0.05, 0.1) is 6.61 Å². The smallest absolute Gasteiger partial charge is 0.272 e. The molecule has 6 nitrogen and oxygen atoms in total. The van der Waals surface area contributed by atoms with Crippen LogP contribution in [0.2, 0.25) is 0 Å². The van der Waals surface area contributed by atoms with Gasteiger partial charge in [-0.25, -0.2) is 0 Å². The summed E-state index contributed by atoms with van der Waals surface area (Å²) in [5, 5.41) is 3.18. The molecule has 3 rings (SSSR count). The molecule has 0 bridgehead atoms. The van der Waals surface area contributed by atoms with Crippen molar-refractivity contribution in [1.29, 1.82) is 0 Å². The minimum Gasteiger partial charge on any atom is -0.494 e. The standard InChI is InChI=1S/C21H20N2O3.C2H7N/c1-2-12-26-17-10-8-16(9-11-17)14-19-21(25)22-18(20(24)23-19)13-15-6-4-3-5-7-15;1-3-2/h3-11,13-14H,2,12H2,1H3,(H,22,25)(H,23,24);3H,1-2H3. The Kier molecular flexibility index (Phi) is 8.66. The highest BCUT2D eigenvalue weighted by molar-refractivity contribution is 5.50. The molecule has 6 heteroatoms. The molecule has 0 radical (unpaired) electrons. The summed E-state index contributed by atoms with van der Waals surface area (Å²) in [6.45, 7) is 2.71. The number of aromatic nitrogens is 2. The summed E-state index contributed by atoms with van der Waals surface area (Å²) in [7, 11) is 3.75. The molecule has 0 saturated carbocycles. The normalized spacial score (nSPS) is 11.7. The number of rotatable bonds is 5. The third kappa shape index (κ3) is 6.93. The zero-order valence-electron chi connectivity index (χ0n) is 17.0. The fraction of sp³-hybridized carbons (Fsp3) is 0.217. The molecule has 0 unspecified atom stereocenters. The summed E-state index contributed by atoms with van der Waals surface area (Å²) in [4.78, 5) is 29.8. The van der Waals surface area contributed by atoms with Crippen LogP contribution in [0, 0.1) is 0 Å².